The first kappa shape index (κ1) is 77.1. The molecule has 0 heterocycles. The van der Waals surface area contributed by atoms with E-state index < -0.39 is 6.10 Å². The largest absolute Gasteiger partial charge is 0.462 e. The quantitative estimate of drug-likeness (QED) is 0.0261. The summed E-state index contributed by atoms with van der Waals surface area (Å²) in [4.78, 5) is 38.3. The fourth-order valence-electron chi connectivity index (χ4n) is 9.67. The van der Waals surface area contributed by atoms with Gasteiger partial charge in [-0.05, 0) is 89.9 Å². The number of allylic oxidation sites excluding steroid dienone is 18. The van der Waals surface area contributed by atoms with Crippen LogP contribution in [0.3, 0.4) is 0 Å². The van der Waals surface area contributed by atoms with Gasteiger partial charge in [-0.1, -0.05) is 329 Å². The molecule has 0 N–H and O–H groups in total. The number of hydrogen-bond acceptors (Lipinski definition) is 6. The molecule has 0 amide bonds. The third-order valence-electron chi connectivity index (χ3n) is 14.8. The molecule has 0 saturated carbocycles. The zero-order valence-corrected chi connectivity index (χ0v) is 53.3. The molecule has 0 aliphatic heterocycles. The van der Waals surface area contributed by atoms with Gasteiger partial charge in [-0.25, -0.2) is 0 Å². The maximum Gasteiger partial charge on any atom is 0.306 e. The average Bonchev–Trinajstić information content (AvgIpc) is 3.47. The van der Waals surface area contributed by atoms with Gasteiger partial charge in [-0.2, -0.15) is 0 Å². The van der Waals surface area contributed by atoms with Crippen LogP contribution in [-0.2, 0) is 28.6 Å². The summed E-state index contributed by atoms with van der Waals surface area (Å²) in [5, 5.41) is 0. The molecule has 0 aromatic heterocycles. The van der Waals surface area contributed by atoms with Crippen LogP contribution in [0, 0.1) is 0 Å². The first-order valence-corrected chi connectivity index (χ1v) is 34.4. The number of ether oxygens (including phenoxy) is 3. The Labute approximate surface area is 501 Å². The highest BCUT2D eigenvalue weighted by Gasteiger charge is 2.19. The van der Waals surface area contributed by atoms with Gasteiger partial charge in [0.25, 0.3) is 0 Å². The van der Waals surface area contributed by atoms with Gasteiger partial charge >= 0.3 is 17.9 Å². The molecule has 0 fully saturated rings. The van der Waals surface area contributed by atoms with Crippen molar-refractivity contribution in [3.8, 4) is 0 Å². The van der Waals surface area contributed by atoms with Crippen molar-refractivity contribution in [1.82, 2.24) is 0 Å². The van der Waals surface area contributed by atoms with Crippen molar-refractivity contribution in [3.05, 3.63) is 109 Å². The number of hydrogen-bond donors (Lipinski definition) is 0. The van der Waals surface area contributed by atoms with Gasteiger partial charge in [0.05, 0.1) is 0 Å². The Morgan fingerprint density at radius 1 is 0.259 bits per heavy atom. The third-order valence-corrected chi connectivity index (χ3v) is 14.8. The minimum Gasteiger partial charge on any atom is -0.462 e. The number of carbonyl (C=O) groups excluding carboxylic acids is 3. The average molecular weight is 1130 g/mol. The first-order valence-electron chi connectivity index (χ1n) is 34.4. The molecule has 1 unspecified atom stereocenters. The lowest BCUT2D eigenvalue weighted by Gasteiger charge is -2.18. The highest BCUT2D eigenvalue weighted by atomic mass is 16.6. The SMILES string of the molecule is CC/C=C\C/C=C\C/C=C\C/C=C\C/C=C\C/C=C\C/C=C\C/C=C\C/C=C\CCCCCCCC(=O)OCC(COC(=O)CCCCCCCCCCCCC)OC(=O)CCCCCCCCCCCCCCCCCCCCC. The van der Waals surface area contributed by atoms with E-state index in [2.05, 4.69) is 130 Å². The maximum absolute atomic E-state index is 12.9. The lowest BCUT2D eigenvalue weighted by molar-refractivity contribution is -0.167. The van der Waals surface area contributed by atoms with E-state index in [1.54, 1.807) is 0 Å². The van der Waals surface area contributed by atoms with Crippen molar-refractivity contribution in [2.75, 3.05) is 13.2 Å². The van der Waals surface area contributed by atoms with Crippen LogP contribution in [0.4, 0.5) is 0 Å². The van der Waals surface area contributed by atoms with Crippen LogP contribution in [0.15, 0.2) is 109 Å². The van der Waals surface area contributed by atoms with E-state index in [1.807, 2.05) is 0 Å². The van der Waals surface area contributed by atoms with Crippen LogP contribution in [-0.4, -0.2) is 37.2 Å². The molecule has 0 aliphatic rings. The fraction of sp³-hybridized carbons (Fsp3) is 0.720. The lowest BCUT2D eigenvalue weighted by Crippen LogP contribution is -2.30. The Bertz CT molecular complexity index is 1620. The van der Waals surface area contributed by atoms with Gasteiger partial charge in [0.1, 0.15) is 13.2 Å². The Morgan fingerprint density at radius 2 is 0.481 bits per heavy atom. The molecule has 0 aromatic carbocycles. The molecule has 0 spiro atoms. The zero-order valence-electron chi connectivity index (χ0n) is 53.3. The number of carbonyl (C=O) groups is 3. The van der Waals surface area contributed by atoms with E-state index in [-0.39, 0.29) is 31.1 Å². The summed E-state index contributed by atoms with van der Waals surface area (Å²) in [6.07, 6.45) is 93.9. The predicted octanol–water partition coefficient (Wildman–Crippen LogP) is 23.8. The molecule has 6 nitrogen and oxygen atoms in total. The van der Waals surface area contributed by atoms with Crippen molar-refractivity contribution in [2.24, 2.45) is 0 Å². The summed E-state index contributed by atoms with van der Waals surface area (Å²) in [6, 6.07) is 0. The summed E-state index contributed by atoms with van der Waals surface area (Å²) in [5.41, 5.74) is 0. The van der Waals surface area contributed by atoms with Crippen molar-refractivity contribution < 1.29 is 28.6 Å². The normalized spacial score (nSPS) is 12.8. The second kappa shape index (κ2) is 68.6. The van der Waals surface area contributed by atoms with Crippen LogP contribution in [0.2, 0.25) is 0 Å². The summed E-state index contributed by atoms with van der Waals surface area (Å²) >= 11 is 0. The highest BCUT2D eigenvalue weighted by Crippen LogP contribution is 2.17. The number of unbranched alkanes of at least 4 members (excludes halogenated alkanes) is 33. The van der Waals surface area contributed by atoms with E-state index in [0.29, 0.717) is 19.3 Å². The molecule has 6 heteroatoms. The van der Waals surface area contributed by atoms with Crippen LogP contribution < -0.4 is 0 Å². The van der Waals surface area contributed by atoms with Crippen LogP contribution in [0.1, 0.15) is 329 Å². The molecule has 0 aliphatic carbocycles. The Kier molecular flexibility index (Phi) is 65.2. The molecule has 0 bridgehead atoms. The van der Waals surface area contributed by atoms with E-state index in [1.165, 1.54) is 154 Å². The second-order valence-corrected chi connectivity index (χ2v) is 22.7. The smallest absolute Gasteiger partial charge is 0.306 e. The van der Waals surface area contributed by atoms with Crippen molar-refractivity contribution in [1.29, 1.82) is 0 Å². The van der Waals surface area contributed by atoms with Crippen molar-refractivity contribution in [3.63, 3.8) is 0 Å². The van der Waals surface area contributed by atoms with Gasteiger partial charge in [-0.3, -0.25) is 14.4 Å². The standard InChI is InChI=1S/C75H128O6/c1-4-7-10-13-16-19-22-24-26-28-30-31-32-33-34-35-36-37-38-39-40-41-42-43-45-46-48-50-53-56-59-62-65-68-74(77)80-71-72(70-79-73(76)67-64-61-58-55-52-21-18-15-12-9-6-3)81-75(78)69-66-63-60-57-54-51-49-47-44-29-27-25-23-20-17-14-11-8-5-2/h7,10,16,19,24,26,30-31,33-34,36-37,39-40,42-43,46,48,72H,4-6,8-9,11-15,17-18,20-23,25,27-29,32,35,38,41,44-45,47,49-71H2,1-3H3/b10-7-,19-16-,26-24-,31-30-,34-33-,37-36-,40-39-,43-42-,48-46-. The molecule has 0 aromatic rings. The first-order chi connectivity index (χ1) is 40.0. The minimum absolute atomic E-state index is 0.0799. The van der Waals surface area contributed by atoms with Crippen LogP contribution >= 0.6 is 0 Å². The Hall–Kier alpha value is -3.93. The van der Waals surface area contributed by atoms with Gasteiger partial charge in [0.2, 0.25) is 0 Å². The van der Waals surface area contributed by atoms with Crippen molar-refractivity contribution >= 4 is 17.9 Å². The molecular weight excluding hydrogens is 997 g/mol. The summed E-state index contributed by atoms with van der Waals surface area (Å²) < 4.78 is 16.9. The topological polar surface area (TPSA) is 78.9 Å². The van der Waals surface area contributed by atoms with E-state index in [0.717, 1.165) is 135 Å². The van der Waals surface area contributed by atoms with E-state index in [9.17, 15) is 14.4 Å². The highest BCUT2D eigenvalue weighted by molar-refractivity contribution is 5.71. The van der Waals surface area contributed by atoms with Crippen LogP contribution in [0.25, 0.3) is 0 Å². The van der Waals surface area contributed by atoms with E-state index in [4.69, 9.17) is 14.2 Å². The Balaban J connectivity index is 4.27. The van der Waals surface area contributed by atoms with Gasteiger partial charge in [0.15, 0.2) is 6.10 Å². The summed E-state index contributed by atoms with van der Waals surface area (Å²) in [6.45, 7) is 6.54. The Morgan fingerprint density at radius 3 is 0.753 bits per heavy atom. The van der Waals surface area contributed by atoms with Gasteiger partial charge < -0.3 is 14.2 Å². The summed E-state index contributed by atoms with van der Waals surface area (Å²) in [7, 11) is 0. The van der Waals surface area contributed by atoms with E-state index >= 15 is 0 Å². The fourth-order valence-corrected chi connectivity index (χ4v) is 9.67. The van der Waals surface area contributed by atoms with Crippen molar-refractivity contribution in [2.45, 2.75) is 335 Å². The molecule has 464 valence electrons. The van der Waals surface area contributed by atoms with Gasteiger partial charge in [-0.15, -0.1) is 0 Å². The molecule has 81 heavy (non-hydrogen) atoms. The zero-order chi connectivity index (χ0) is 58.5. The van der Waals surface area contributed by atoms with Gasteiger partial charge in [0, 0.05) is 19.3 Å². The summed E-state index contributed by atoms with van der Waals surface area (Å²) in [5.74, 6) is -0.887. The lowest BCUT2D eigenvalue weighted by atomic mass is 10.0. The molecule has 1 atom stereocenters. The minimum atomic E-state index is -0.784. The molecule has 0 rings (SSSR count). The van der Waals surface area contributed by atoms with Crippen LogP contribution in [0.5, 0.6) is 0 Å². The predicted molar refractivity (Wildman–Crippen MR) is 353 cm³/mol. The monoisotopic (exact) mass is 1120 g/mol. The second-order valence-electron chi connectivity index (χ2n) is 22.7. The molecule has 0 radical (unpaired) electrons. The third kappa shape index (κ3) is 66.8. The molecular formula is C75H128O6. The number of rotatable bonds is 62. The molecule has 0 saturated heterocycles. The maximum atomic E-state index is 12.9. The number of esters is 3.